The summed E-state index contributed by atoms with van der Waals surface area (Å²) in [6.45, 7) is 0.523. The molecule has 0 spiro atoms. The number of imide groups is 1. The Morgan fingerprint density at radius 2 is 1.93 bits per heavy atom. The SMILES string of the molecule is NC1CCN(C(=O)C2CCCC2)C(=O)C1. The molecule has 2 N–H and O–H groups in total. The van der Waals surface area contributed by atoms with Gasteiger partial charge in [0.15, 0.2) is 0 Å². The van der Waals surface area contributed by atoms with Crippen LogP contribution in [0.1, 0.15) is 38.5 Å². The summed E-state index contributed by atoms with van der Waals surface area (Å²) in [6, 6.07) is -0.0508. The van der Waals surface area contributed by atoms with Gasteiger partial charge in [-0.1, -0.05) is 12.8 Å². The fourth-order valence-corrected chi connectivity index (χ4v) is 2.48. The Hall–Kier alpha value is -0.900. The van der Waals surface area contributed by atoms with E-state index in [4.69, 9.17) is 5.73 Å². The van der Waals surface area contributed by atoms with Gasteiger partial charge in [-0.05, 0) is 19.3 Å². The fraction of sp³-hybridized carbons (Fsp3) is 0.818. The van der Waals surface area contributed by atoms with Crippen molar-refractivity contribution in [2.45, 2.75) is 44.6 Å². The van der Waals surface area contributed by atoms with Gasteiger partial charge in [0.25, 0.3) is 0 Å². The Bertz CT molecular complexity index is 272. The van der Waals surface area contributed by atoms with Gasteiger partial charge in [0, 0.05) is 24.9 Å². The van der Waals surface area contributed by atoms with Crippen molar-refractivity contribution >= 4 is 11.8 Å². The lowest BCUT2D eigenvalue weighted by Gasteiger charge is -2.30. The lowest BCUT2D eigenvalue weighted by Crippen LogP contribution is -2.48. The Labute approximate surface area is 89.8 Å². The van der Waals surface area contributed by atoms with E-state index in [1.54, 1.807) is 0 Å². The molecule has 4 nitrogen and oxygen atoms in total. The average molecular weight is 210 g/mol. The molecule has 4 heteroatoms. The maximum Gasteiger partial charge on any atom is 0.232 e. The molecule has 1 aliphatic heterocycles. The molecule has 1 aliphatic carbocycles. The minimum atomic E-state index is -0.0781. The number of rotatable bonds is 1. The van der Waals surface area contributed by atoms with Crippen LogP contribution in [0.25, 0.3) is 0 Å². The second-order valence-corrected chi connectivity index (χ2v) is 4.62. The molecule has 2 rings (SSSR count). The maximum atomic E-state index is 12.0. The summed E-state index contributed by atoms with van der Waals surface area (Å²) in [7, 11) is 0. The number of carbonyl (C=O) groups is 2. The van der Waals surface area contributed by atoms with Crippen molar-refractivity contribution in [3.63, 3.8) is 0 Å². The minimum Gasteiger partial charge on any atom is -0.327 e. The fourth-order valence-electron chi connectivity index (χ4n) is 2.48. The standard InChI is InChI=1S/C11H18N2O2/c12-9-5-6-13(10(14)7-9)11(15)8-3-1-2-4-8/h8-9H,1-7,12H2. The first-order valence-corrected chi connectivity index (χ1v) is 5.78. The highest BCUT2D eigenvalue weighted by Gasteiger charge is 2.33. The zero-order chi connectivity index (χ0) is 10.8. The second kappa shape index (κ2) is 4.31. The van der Waals surface area contributed by atoms with Gasteiger partial charge < -0.3 is 5.73 Å². The molecule has 0 aromatic heterocycles. The van der Waals surface area contributed by atoms with E-state index in [0.717, 1.165) is 32.1 Å². The van der Waals surface area contributed by atoms with Gasteiger partial charge in [-0.25, -0.2) is 0 Å². The molecule has 0 aromatic carbocycles. The summed E-state index contributed by atoms with van der Waals surface area (Å²) in [4.78, 5) is 25.0. The first kappa shape index (κ1) is 10.6. The van der Waals surface area contributed by atoms with E-state index in [-0.39, 0.29) is 23.8 Å². The predicted molar refractivity (Wildman–Crippen MR) is 55.9 cm³/mol. The number of carbonyl (C=O) groups excluding carboxylic acids is 2. The van der Waals surface area contributed by atoms with Gasteiger partial charge in [0.05, 0.1) is 0 Å². The highest BCUT2D eigenvalue weighted by molar-refractivity contribution is 5.97. The molecule has 2 fully saturated rings. The van der Waals surface area contributed by atoms with Crippen molar-refractivity contribution in [2.24, 2.45) is 11.7 Å². The van der Waals surface area contributed by atoms with Gasteiger partial charge in [0.2, 0.25) is 11.8 Å². The minimum absolute atomic E-state index is 0.0457. The van der Waals surface area contributed by atoms with E-state index in [2.05, 4.69) is 0 Å². The monoisotopic (exact) mass is 210 g/mol. The zero-order valence-electron chi connectivity index (χ0n) is 8.95. The molecule has 1 saturated carbocycles. The molecule has 1 saturated heterocycles. The van der Waals surface area contributed by atoms with Crippen molar-refractivity contribution in [3.05, 3.63) is 0 Å². The normalized spacial score (nSPS) is 28.5. The Balaban J connectivity index is 1.97. The molecule has 0 aromatic rings. The topological polar surface area (TPSA) is 63.4 Å². The summed E-state index contributed by atoms with van der Waals surface area (Å²) in [5.41, 5.74) is 5.68. The number of hydrogen-bond acceptors (Lipinski definition) is 3. The van der Waals surface area contributed by atoms with Gasteiger partial charge in [-0.2, -0.15) is 0 Å². The van der Waals surface area contributed by atoms with Crippen molar-refractivity contribution < 1.29 is 9.59 Å². The third-order valence-corrected chi connectivity index (χ3v) is 3.43. The highest BCUT2D eigenvalue weighted by Crippen LogP contribution is 2.27. The molecule has 15 heavy (non-hydrogen) atoms. The summed E-state index contributed by atoms with van der Waals surface area (Å²) in [5.74, 6) is 0.0679. The van der Waals surface area contributed by atoms with Crippen LogP contribution in [0, 0.1) is 5.92 Å². The maximum absolute atomic E-state index is 12.0. The number of piperidine rings is 1. The van der Waals surface area contributed by atoms with Crippen LogP contribution in [0.2, 0.25) is 0 Å². The summed E-state index contributed by atoms with van der Waals surface area (Å²) >= 11 is 0. The van der Waals surface area contributed by atoms with Crippen molar-refractivity contribution in [1.82, 2.24) is 4.90 Å². The Morgan fingerprint density at radius 1 is 1.27 bits per heavy atom. The number of nitrogens with two attached hydrogens (primary N) is 1. The molecule has 2 aliphatic rings. The van der Waals surface area contributed by atoms with E-state index in [0.29, 0.717) is 13.0 Å². The van der Waals surface area contributed by atoms with E-state index in [1.807, 2.05) is 0 Å². The van der Waals surface area contributed by atoms with Crippen LogP contribution >= 0.6 is 0 Å². The summed E-state index contributed by atoms with van der Waals surface area (Å²) in [6.07, 6.45) is 5.24. The molecular weight excluding hydrogens is 192 g/mol. The molecular formula is C11H18N2O2. The molecule has 84 valence electrons. The first-order valence-electron chi connectivity index (χ1n) is 5.78. The number of likely N-dealkylation sites (tertiary alicyclic amines) is 1. The lowest BCUT2D eigenvalue weighted by atomic mass is 10.0. The van der Waals surface area contributed by atoms with Crippen molar-refractivity contribution in [1.29, 1.82) is 0 Å². The van der Waals surface area contributed by atoms with Gasteiger partial charge in [-0.15, -0.1) is 0 Å². The largest absolute Gasteiger partial charge is 0.327 e. The smallest absolute Gasteiger partial charge is 0.232 e. The molecule has 1 heterocycles. The van der Waals surface area contributed by atoms with E-state index >= 15 is 0 Å². The number of amides is 2. The van der Waals surface area contributed by atoms with Crippen LogP contribution in [-0.2, 0) is 9.59 Å². The van der Waals surface area contributed by atoms with Crippen LogP contribution < -0.4 is 5.73 Å². The summed E-state index contributed by atoms with van der Waals surface area (Å²) < 4.78 is 0. The second-order valence-electron chi connectivity index (χ2n) is 4.62. The van der Waals surface area contributed by atoms with Crippen LogP contribution in [0.4, 0.5) is 0 Å². The lowest BCUT2D eigenvalue weighted by molar-refractivity contribution is -0.149. The number of hydrogen-bond donors (Lipinski definition) is 1. The predicted octanol–water partition coefficient (Wildman–Crippen LogP) is 0.653. The van der Waals surface area contributed by atoms with Crippen LogP contribution in [0.15, 0.2) is 0 Å². The van der Waals surface area contributed by atoms with Crippen LogP contribution in [-0.4, -0.2) is 29.3 Å². The molecule has 0 radical (unpaired) electrons. The Kier molecular flexibility index (Phi) is 3.05. The summed E-state index contributed by atoms with van der Waals surface area (Å²) in [5, 5.41) is 0. The van der Waals surface area contributed by atoms with E-state index < -0.39 is 0 Å². The van der Waals surface area contributed by atoms with Crippen molar-refractivity contribution in [2.75, 3.05) is 6.54 Å². The Morgan fingerprint density at radius 3 is 2.53 bits per heavy atom. The average Bonchev–Trinajstić information content (AvgIpc) is 2.69. The van der Waals surface area contributed by atoms with Gasteiger partial charge in [-0.3, -0.25) is 14.5 Å². The van der Waals surface area contributed by atoms with Crippen molar-refractivity contribution in [3.8, 4) is 0 Å². The molecule has 1 atom stereocenters. The first-order chi connectivity index (χ1) is 7.18. The molecule has 2 amide bonds. The zero-order valence-corrected chi connectivity index (χ0v) is 8.95. The van der Waals surface area contributed by atoms with Crippen LogP contribution in [0.3, 0.4) is 0 Å². The van der Waals surface area contributed by atoms with E-state index in [1.165, 1.54) is 4.90 Å². The van der Waals surface area contributed by atoms with Gasteiger partial charge >= 0.3 is 0 Å². The van der Waals surface area contributed by atoms with Crippen LogP contribution in [0.5, 0.6) is 0 Å². The molecule has 1 unspecified atom stereocenters. The third kappa shape index (κ3) is 2.20. The highest BCUT2D eigenvalue weighted by atomic mass is 16.2. The quantitative estimate of drug-likeness (QED) is 0.646. The number of nitrogens with zero attached hydrogens (tertiary/aromatic N) is 1. The third-order valence-electron chi connectivity index (χ3n) is 3.43. The van der Waals surface area contributed by atoms with E-state index in [9.17, 15) is 9.59 Å². The van der Waals surface area contributed by atoms with Gasteiger partial charge in [0.1, 0.15) is 0 Å². The molecule has 0 bridgehead atoms.